The van der Waals surface area contributed by atoms with Gasteiger partial charge in [0.15, 0.2) is 0 Å². The van der Waals surface area contributed by atoms with Gasteiger partial charge in [-0.25, -0.2) is 0 Å². The Hall–Kier alpha value is -0.920. The number of ketones is 2. The molecule has 90 valence electrons. The topological polar surface area (TPSA) is 34.1 Å². The summed E-state index contributed by atoms with van der Waals surface area (Å²) in [7, 11) is 0. The van der Waals surface area contributed by atoms with Crippen molar-refractivity contribution in [2.75, 3.05) is 0 Å². The third-order valence-electron chi connectivity index (χ3n) is 3.88. The van der Waals surface area contributed by atoms with Crippen molar-refractivity contribution in [3.63, 3.8) is 0 Å². The van der Waals surface area contributed by atoms with Gasteiger partial charge in [0.1, 0.15) is 11.6 Å². The number of carbonyl (C=O) groups is 2. The predicted molar refractivity (Wildman–Crippen MR) is 65.2 cm³/mol. The smallest absolute Gasteiger partial charge is 0.139 e. The van der Waals surface area contributed by atoms with Crippen molar-refractivity contribution in [2.45, 2.75) is 52.9 Å². The van der Waals surface area contributed by atoms with Crippen LogP contribution in [0.1, 0.15) is 52.9 Å². The lowest BCUT2D eigenvalue weighted by atomic mass is 9.67. The van der Waals surface area contributed by atoms with Crippen molar-refractivity contribution in [1.82, 2.24) is 0 Å². The first-order valence-electron chi connectivity index (χ1n) is 6.03. The first-order chi connectivity index (χ1) is 7.35. The zero-order valence-corrected chi connectivity index (χ0v) is 10.6. The molecule has 0 bridgehead atoms. The number of allylic oxidation sites excluding steroid dienone is 1. The molecule has 0 heterocycles. The van der Waals surface area contributed by atoms with E-state index in [-0.39, 0.29) is 11.2 Å². The molecule has 0 amide bonds. The summed E-state index contributed by atoms with van der Waals surface area (Å²) < 4.78 is 0. The van der Waals surface area contributed by atoms with E-state index < -0.39 is 0 Å². The lowest BCUT2D eigenvalue weighted by Crippen LogP contribution is -2.35. The first kappa shape index (κ1) is 13.1. The number of hydrogen-bond acceptors (Lipinski definition) is 2. The molecule has 0 radical (unpaired) electrons. The number of rotatable bonds is 4. The summed E-state index contributed by atoms with van der Waals surface area (Å²) in [5, 5.41) is 0. The van der Waals surface area contributed by atoms with Crippen LogP contribution < -0.4 is 0 Å². The average molecular weight is 222 g/mol. The zero-order chi connectivity index (χ0) is 12.3. The summed E-state index contributed by atoms with van der Waals surface area (Å²) >= 11 is 0. The summed E-state index contributed by atoms with van der Waals surface area (Å²) in [5.41, 5.74) is 0.847. The molecule has 1 aliphatic rings. The number of carbonyl (C=O) groups excluding carboxylic acids is 2. The largest absolute Gasteiger partial charge is 0.300 e. The highest BCUT2D eigenvalue weighted by atomic mass is 16.1. The van der Waals surface area contributed by atoms with Gasteiger partial charge in [0, 0.05) is 18.3 Å². The Morgan fingerprint density at radius 1 is 1.50 bits per heavy atom. The first-order valence-corrected chi connectivity index (χ1v) is 6.03. The summed E-state index contributed by atoms with van der Waals surface area (Å²) in [5.74, 6) is 0.849. The quantitative estimate of drug-likeness (QED) is 0.684. The molecular weight excluding hydrogens is 200 g/mol. The zero-order valence-electron chi connectivity index (χ0n) is 10.6. The van der Waals surface area contributed by atoms with E-state index in [0.29, 0.717) is 31.0 Å². The molecule has 2 atom stereocenters. The van der Waals surface area contributed by atoms with Crippen LogP contribution in [0.15, 0.2) is 12.2 Å². The maximum Gasteiger partial charge on any atom is 0.139 e. The van der Waals surface area contributed by atoms with Crippen LogP contribution in [0.4, 0.5) is 0 Å². The highest BCUT2D eigenvalue weighted by Gasteiger charge is 2.38. The van der Waals surface area contributed by atoms with E-state index >= 15 is 0 Å². The van der Waals surface area contributed by atoms with Gasteiger partial charge in [0.25, 0.3) is 0 Å². The maximum atomic E-state index is 12.1. The van der Waals surface area contributed by atoms with Crippen molar-refractivity contribution in [3.8, 4) is 0 Å². The Labute approximate surface area is 98.1 Å². The maximum absolute atomic E-state index is 12.1. The second-order valence-electron chi connectivity index (χ2n) is 5.47. The van der Waals surface area contributed by atoms with E-state index in [1.165, 1.54) is 0 Å². The Balaban J connectivity index is 2.61. The van der Waals surface area contributed by atoms with Crippen LogP contribution in [0, 0.1) is 11.3 Å². The van der Waals surface area contributed by atoms with E-state index in [2.05, 4.69) is 6.58 Å². The fourth-order valence-electron chi connectivity index (χ4n) is 2.34. The van der Waals surface area contributed by atoms with Gasteiger partial charge >= 0.3 is 0 Å². The molecule has 1 fully saturated rings. The molecule has 0 aromatic carbocycles. The molecule has 1 rings (SSSR count). The fraction of sp³-hybridized carbons (Fsp3) is 0.714. The van der Waals surface area contributed by atoms with E-state index in [1.54, 1.807) is 6.92 Å². The lowest BCUT2D eigenvalue weighted by molar-refractivity contribution is -0.132. The standard InChI is InChI=1S/C14H22O2/c1-10(2)12-6-8-14(4,13(16)9-12)7-5-11(3)15/h12H,1,5-9H2,2-4H3/t12-,14+/m1/s1. The summed E-state index contributed by atoms with van der Waals surface area (Å²) in [4.78, 5) is 23.1. The van der Waals surface area contributed by atoms with Gasteiger partial charge in [-0.1, -0.05) is 19.1 Å². The van der Waals surface area contributed by atoms with Crippen molar-refractivity contribution in [2.24, 2.45) is 11.3 Å². The van der Waals surface area contributed by atoms with Gasteiger partial charge in [0.2, 0.25) is 0 Å². The highest BCUT2D eigenvalue weighted by molar-refractivity contribution is 5.86. The molecule has 0 aromatic rings. The molecule has 0 saturated heterocycles. The Morgan fingerprint density at radius 2 is 2.12 bits per heavy atom. The van der Waals surface area contributed by atoms with Crippen LogP contribution in [0.25, 0.3) is 0 Å². The van der Waals surface area contributed by atoms with E-state index in [0.717, 1.165) is 18.4 Å². The molecule has 1 saturated carbocycles. The van der Waals surface area contributed by atoms with Gasteiger partial charge < -0.3 is 4.79 Å². The molecule has 0 N–H and O–H groups in total. The molecule has 2 heteroatoms. The van der Waals surface area contributed by atoms with E-state index in [4.69, 9.17) is 0 Å². The molecule has 1 aliphatic carbocycles. The lowest BCUT2D eigenvalue weighted by Gasteiger charge is -2.36. The van der Waals surface area contributed by atoms with Gasteiger partial charge in [-0.2, -0.15) is 0 Å². The average Bonchev–Trinajstić information content (AvgIpc) is 2.19. The SMILES string of the molecule is C=C(C)[C@@H]1CC[C@](C)(CCC(C)=O)C(=O)C1. The van der Waals surface area contributed by atoms with Gasteiger partial charge in [-0.15, -0.1) is 0 Å². The Kier molecular flexibility index (Phi) is 4.06. The Morgan fingerprint density at radius 3 is 2.56 bits per heavy atom. The van der Waals surface area contributed by atoms with Crippen LogP contribution in [0.3, 0.4) is 0 Å². The molecule has 16 heavy (non-hydrogen) atoms. The predicted octanol–water partition coefficient (Wildman–Crippen LogP) is 3.31. The van der Waals surface area contributed by atoms with Crippen LogP contribution >= 0.6 is 0 Å². The third kappa shape index (κ3) is 3.03. The molecular formula is C14H22O2. The summed E-state index contributed by atoms with van der Waals surface area (Å²) in [6.45, 7) is 9.52. The molecule has 0 aromatic heterocycles. The van der Waals surface area contributed by atoms with E-state index in [9.17, 15) is 9.59 Å². The van der Waals surface area contributed by atoms with Crippen molar-refractivity contribution >= 4 is 11.6 Å². The molecule has 0 spiro atoms. The fourth-order valence-corrected chi connectivity index (χ4v) is 2.34. The third-order valence-corrected chi connectivity index (χ3v) is 3.88. The molecule has 0 aliphatic heterocycles. The normalized spacial score (nSPS) is 30.2. The molecule has 2 nitrogen and oxygen atoms in total. The van der Waals surface area contributed by atoms with Crippen LogP contribution in [0.5, 0.6) is 0 Å². The minimum atomic E-state index is -0.266. The van der Waals surface area contributed by atoms with E-state index in [1.807, 2.05) is 13.8 Å². The summed E-state index contributed by atoms with van der Waals surface area (Å²) in [6, 6.07) is 0. The van der Waals surface area contributed by atoms with Gasteiger partial charge in [-0.3, -0.25) is 4.79 Å². The van der Waals surface area contributed by atoms with Crippen molar-refractivity contribution in [1.29, 1.82) is 0 Å². The Bertz CT molecular complexity index is 317. The minimum absolute atomic E-state index is 0.177. The second-order valence-corrected chi connectivity index (χ2v) is 5.47. The second kappa shape index (κ2) is 4.94. The van der Waals surface area contributed by atoms with Crippen molar-refractivity contribution in [3.05, 3.63) is 12.2 Å². The molecule has 0 unspecified atom stereocenters. The van der Waals surface area contributed by atoms with Gasteiger partial charge in [-0.05, 0) is 39.0 Å². The minimum Gasteiger partial charge on any atom is -0.300 e. The monoisotopic (exact) mass is 222 g/mol. The van der Waals surface area contributed by atoms with Gasteiger partial charge in [0.05, 0.1) is 0 Å². The number of Topliss-reactive ketones (excluding diaryl/α,β-unsaturated/α-hetero) is 2. The van der Waals surface area contributed by atoms with Crippen LogP contribution in [0.2, 0.25) is 0 Å². The number of hydrogen-bond donors (Lipinski definition) is 0. The summed E-state index contributed by atoms with van der Waals surface area (Å²) in [6.07, 6.45) is 3.79. The van der Waals surface area contributed by atoms with Crippen LogP contribution in [-0.2, 0) is 9.59 Å². The highest BCUT2D eigenvalue weighted by Crippen LogP contribution is 2.41. The van der Waals surface area contributed by atoms with Crippen LogP contribution in [-0.4, -0.2) is 11.6 Å². The van der Waals surface area contributed by atoms with Crippen molar-refractivity contribution < 1.29 is 9.59 Å².